The molecule has 0 aliphatic carbocycles. The van der Waals surface area contributed by atoms with Crippen LogP contribution in [-0.4, -0.2) is 21.8 Å². The smallest absolute Gasteiger partial charge is 0.313 e. The summed E-state index contributed by atoms with van der Waals surface area (Å²) < 4.78 is 0. The molecule has 2 aromatic rings. The zero-order valence-electron chi connectivity index (χ0n) is 8.80. The van der Waals surface area contributed by atoms with Crippen molar-refractivity contribution >= 4 is 28.6 Å². The molecule has 1 heterocycles. The quantitative estimate of drug-likeness (QED) is 0.828. The molecule has 0 spiro atoms. The first-order chi connectivity index (χ1) is 7.68. The number of benzene rings is 1. The van der Waals surface area contributed by atoms with Crippen molar-refractivity contribution in [2.75, 3.05) is 5.75 Å². The maximum absolute atomic E-state index is 10.5. The topological polar surface area (TPSA) is 50.2 Å². The van der Waals surface area contributed by atoms with Crippen LogP contribution in [0, 0.1) is 6.92 Å². The summed E-state index contributed by atoms with van der Waals surface area (Å²) in [6.45, 7) is 1.99. The lowest BCUT2D eigenvalue weighted by molar-refractivity contribution is -0.133. The Balaban J connectivity index is 2.40. The van der Waals surface area contributed by atoms with Crippen molar-refractivity contribution in [3.63, 3.8) is 0 Å². The van der Waals surface area contributed by atoms with E-state index in [0.29, 0.717) is 0 Å². The third-order valence-electron chi connectivity index (χ3n) is 2.35. The molecule has 0 amide bonds. The van der Waals surface area contributed by atoms with E-state index < -0.39 is 5.97 Å². The zero-order chi connectivity index (χ0) is 11.5. The second-order valence-electron chi connectivity index (χ2n) is 3.45. The molecule has 82 valence electrons. The molecule has 16 heavy (non-hydrogen) atoms. The SMILES string of the molecule is Cc1c(SCC(=O)O)cnc2ccccc12. The normalized spacial score (nSPS) is 10.6. The Morgan fingerprint density at radius 2 is 2.19 bits per heavy atom. The number of pyridine rings is 1. The zero-order valence-corrected chi connectivity index (χ0v) is 9.62. The fourth-order valence-corrected chi connectivity index (χ4v) is 2.28. The number of hydrogen-bond donors (Lipinski definition) is 1. The van der Waals surface area contributed by atoms with Crippen LogP contribution in [0.4, 0.5) is 0 Å². The summed E-state index contributed by atoms with van der Waals surface area (Å²) in [7, 11) is 0. The minimum atomic E-state index is -0.808. The highest BCUT2D eigenvalue weighted by molar-refractivity contribution is 8.00. The molecule has 1 aromatic heterocycles. The third kappa shape index (κ3) is 2.17. The largest absolute Gasteiger partial charge is 0.481 e. The van der Waals surface area contributed by atoms with Crippen LogP contribution >= 0.6 is 11.8 Å². The van der Waals surface area contributed by atoms with E-state index in [2.05, 4.69) is 4.98 Å². The highest BCUT2D eigenvalue weighted by atomic mass is 32.2. The maximum atomic E-state index is 10.5. The van der Waals surface area contributed by atoms with Crippen LogP contribution < -0.4 is 0 Å². The minimum Gasteiger partial charge on any atom is -0.481 e. The summed E-state index contributed by atoms with van der Waals surface area (Å²) in [5.74, 6) is -0.738. The summed E-state index contributed by atoms with van der Waals surface area (Å²) in [4.78, 5) is 15.7. The average Bonchev–Trinajstić information content (AvgIpc) is 2.28. The second kappa shape index (κ2) is 4.53. The van der Waals surface area contributed by atoms with Crippen molar-refractivity contribution in [2.45, 2.75) is 11.8 Å². The monoisotopic (exact) mass is 233 g/mol. The summed E-state index contributed by atoms with van der Waals surface area (Å²) in [6, 6.07) is 7.86. The van der Waals surface area contributed by atoms with Crippen LogP contribution in [-0.2, 0) is 4.79 Å². The van der Waals surface area contributed by atoms with Crippen molar-refractivity contribution in [3.8, 4) is 0 Å². The van der Waals surface area contributed by atoms with Crippen LogP contribution in [0.25, 0.3) is 10.9 Å². The van der Waals surface area contributed by atoms with Gasteiger partial charge in [-0.1, -0.05) is 18.2 Å². The molecule has 0 saturated heterocycles. The van der Waals surface area contributed by atoms with Gasteiger partial charge >= 0.3 is 5.97 Å². The van der Waals surface area contributed by atoms with E-state index in [1.807, 2.05) is 31.2 Å². The van der Waals surface area contributed by atoms with Gasteiger partial charge in [-0.15, -0.1) is 11.8 Å². The minimum absolute atomic E-state index is 0.0703. The van der Waals surface area contributed by atoms with Gasteiger partial charge in [0.1, 0.15) is 0 Å². The molecule has 0 radical (unpaired) electrons. The molecule has 1 aromatic carbocycles. The van der Waals surface area contributed by atoms with Crippen molar-refractivity contribution in [3.05, 3.63) is 36.0 Å². The number of nitrogens with zero attached hydrogens (tertiary/aromatic N) is 1. The summed E-state index contributed by atoms with van der Waals surface area (Å²) >= 11 is 1.31. The van der Waals surface area contributed by atoms with Crippen molar-refractivity contribution in [1.82, 2.24) is 4.98 Å². The van der Waals surface area contributed by atoms with E-state index in [4.69, 9.17) is 5.11 Å². The van der Waals surface area contributed by atoms with E-state index in [-0.39, 0.29) is 5.75 Å². The Kier molecular flexibility index (Phi) is 3.10. The molecular weight excluding hydrogens is 222 g/mol. The van der Waals surface area contributed by atoms with Crippen LogP contribution in [0.5, 0.6) is 0 Å². The van der Waals surface area contributed by atoms with E-state index in [9.17, 15) is 4.79 Å². The van der Waals surface area contributed by atoms with Gasteiger partial charge in [-0.3, -0.25) is 9.78 Å². The van der Waals surface area contributed by atoms with E-state index in [1.54, 1.807) is 6.20 Å². The second-order valence-corrected chi connectivity index (χ2v) is 4.46. The summed E-state index contributed by atoms with van der Waals surface area (Å²) in [5.41, 5.74) is 2.04. The summed E-state index contributed by atoms with van der Waals surface area (Å²) in [6.07, 6.45) is 1.74. The summed E-state index contributed by atoms with van der Waals surface area (Å²) in [5, 5.41) is 9.72. The fraction of sp³-hybridized carbons (Fsp3) is 0.167. The molecule has 4 heteroatoms. The highest BCUT2D eigenvalue weighted by Crippen LogP contribution is 2.26. The molecule has 0 atom stereocenters. The lowest BCUT2D eigenvalue weighted by atomic mass is 10.1. The maximum Gasteiger partial charge on any atom is 0.313 e. The molecule has 2 rings (SSSR count). The van der Waals surface area contributed by atoms with Crippen LogP contribution in [0.2, 0.25) is 0 Å². The predicted octanol–water partition coefficient (Wildman–Crippen LogP) is 2.72. The van der Waals surface area contributed by atoms with Crippen LogP contribution in [0.3, 0.4) is 0 Å². The standard InChI is InChI=1S/C12H11NO2S/c1-8-9-4-2-3-5-10(9)13-6-11(8)16-7-12(14)15/h2-6H,7H2,1H3,(H,14,15). The first kappa shape index (κ1) is 11.0. The van der Waals surface area contributed by atoms with Crippen molar-refractivity contribution < 1.29 is 9.90 Å². The number of aryl methyl sites for hydroxylation is 1. The van der Waals surface area contributed by atoms with Gasteiger partial charge in [0.2, 0.25) is 0 Å². The van der Waals surface area contributed by atoms with E-state index in [1.165, 1.54) is 11.8 Å². The number of thioether (sulfide) groups is 1. The highest BCUT2D eigenvalue weighted by Gasteiger charge is 2.06. The number of aliphatic carboxylic acids is 1. The molecule has 3 nitrogen and oxygen atoms in total. The number of aromatic nitrogens is 1. The van der Waals surface area contributed by atoms with Gasteiger partial charge in [-0.2, -0.15) is 0 Å². The lowest BCUT2D eigenvalue weighted by Crippen LogP contribution is -1.98. The molecule has 1 N–H and O–H groups in total. The molecular formula is C12H11NO2S. The molecule has 0 unspecified atom stereocenters. The van der Waals surface area contributed by atoms with Crippen molar-refractivity contribution in [2.24, 2.45) is 0 Å². The Bertz CT molecular complexity index is 540. The van der Waals surface area contributed by atoms with E-state index in [0.717, 1.165) is 21.4 Å². The Morgan fingerprint density at radius 3 is 2.94 bits per heavy atom. The predicted molar refractivity (Wildman–Crippen MR) is 64.8 cm³/mol. The third-order valence-corrected chi connectivity index (χ3v) is 3.46. The van der Waals surface area contributed by atoms with E-state index >= 15 is 0 Å². The van der Waals surface area contributed by atoms with Gasteiger partial charge in [0, 0.05) is 16.5 Å². The number of hydrogen-bond acceptors (Lipinski definition) is 3. The van der Waals surface area contributed by atoms with Crippen LogP contribution in [0.15, 0.2) is 35.4 Å². The number of fused-ring (bicyclic) bond motifs is 1. The number of carbonyl (C=O) groups is 1. The Morgan fingerprint density at radius 1 is 1.44 bits per heavy atom. The first-order valence-corrected chi connectivity index (χ1v) is 5.86. The van der Waals surface area contributed by atoms with Crippen LogP contribution in [0.1, 0.15) is 5.56 Å². The fourth-order valence-electron chi connectivity index (χ4n) is 1.55. The molecule has 0 fully saturated rings. The van der Waals surface area contributed by atoms with Crippen molar-refractivity contribution in [1.29, 1.82) is 0 Å². The van der Waals surface area contributed by atoms with Gasteiger partial charge in [0.05, 0.1) is 11.3 Å². The first-order valence-electron chi connectivity index (χ1n) is 4.87. The molecule has 0 aliphatic rings. The Hall–Kier alpha value is -1.55. The van der Waals surface area contributed by atoms with Gasteiger partial charge in [0.25, 0.3) is 0 Å². The number of rotatable bonds is 3. The molecule has 0 saturated carbocycles. The molecule has 0 bridgehead atoms. The van der Waals surface area contributed by atoms with Gasteiger partial charge in [-0.25, -0.2) is 0 Å². The van der Waals surface area contributed by atoms with Gasteiger partial charge in [-0.05, 0) is 18.6 Å². The average molecular weight is 233 g/mol. The van der Waals surface area contributed by atoms with Gasteiger partial charge < -0.3 is 5.11 Å². The lowest BCUT2D eigenvalue weighted by Gasteiger charge is -2.06. The number of carboxylic acid groups (broad SMARTS) is 1. The van der Waals surface area contributed by atoms with Gasteiger partial charge in [0.15, 0.2) is 0 Å². The number of carboxylic acids is 1. The number of para-hydroxylation sites is 1. The molecule has 0 aliphatic heterocycles. The Labute approximate surface area is 97.5 Å².